The second kappa shape index (κ2) is 7.28. The third kappa shape index (κ3) is 5.84. The van der Waals surface area contributed by atoms with Crippen LogP contribution in [0.15, 0.2) is 0 Å². The molecule has 0 aliphatic carbocycles. The van der Waals surface area contributed by atoms with E-state index in [1.807, 2.05) is 21.6 Å². The van der Waals surface area contributed by atoms with Crippen LogP contribution in [0.3, 0.4) is 0 Å². The number of hydrogen-bond donors (Lipinski definition) is 0. The fourth-order valence-corrected chi connectivity index (χ4v) is 3.09. The molecule has 0 N–H and O–H groups in total. The predicted molar refractivity (Wildman–Crippen MR) is 50.9 cm³/mol. The molecule has 11 heavy (non-hydrogen) atoms. The van der Waals surface area contributed by atoms with E-state index in [2.05, 4.69) is 0 Å². The van der Waals surface area contributed by atoms with Gasteiger partial charge in [0.15, 0.2) is 0 Å². The zero-order valence-electron chi connectivity index (χ0n) is 6.58. The van der Waals surface area contributed by atoms with Crippen LogP contribution in [0.5, 0.6) is 0 Å². The van der Waals surface area contributed by atoms with E-state index in [1.165, 1.54) is 17.9 Å². The Labute approximate surface area is 75.8 Å². The lowest BCUT2D eigenvalue weighted by molar-refractivity contribution is -0.0963. The molecule has 4 heteroatoms. The third-order valence-corrected chi connectivity index (χ3v) is 3.86. The Morgan fingerprint density at radius 3 is 1.64 bits per heavy atom. The van der Waals surface area contributed by atoms with Crippen molar-refractivity contribution in [3.63, 3.8) is 0 Å². The van der Waals surface area contributed by atoms with Gasteiger partial charge in [0.2, 0.25) is 0 Å². The van der Waals surface area contributed by atoms with Crippen molar-refractivity contribution in [2.24, 2.45) is 0 Å². The summed E-state index contributed by atoms with van der Waals surface area (Å²) in [5.41, 5.74) is 0. The van der Waals surface area contributed by atoms with E-state index in [9.17, 15) is 0 Å². The van der Waals surface area contributed by atoms with Crippen LogP contribution < -0.4 is 0 Å². The van der Waals surface area contributed by atoms with Crippen molar-refractivity contribution in [2.45, 2.75) is 12.8 Å². The minimum absolute atomic E-state index is 0.500. The highest BCUT2D eigenvalue weighted by Crippen LogP contribution is 2.29. The Bertz CT molecular complexity index is 63.4. The van der Waals surface area contributed by atoms with E-state index in [1.54, 1.807) is 0 Å². The molecule has 0 bridgehead atoms. The third-order valence-electron chi connectivity index (χ3n) is 1.28. The van der Waals surface area contributed by atoms with Crippen LogP contribution in [0.4, 0.5) is 0 Å². The van der Waals surface area contributed by atoms with Crippen molar-refractivity contribution in [3.8, 4) is 0 Å². The summed E-state index contributed by atoms with van der Waals surface area (Å²) in [6, 6.07) is 0. The predicted octanol–water partition coefficient (Wildman–Crippen LogP) is 2.15. The van der Waals surface area contributed by atoms with Gasteiger partial charge in [-0.15, -0.1) is 0 Å². The molecule has 0 aromatic carbocycles. The van der Waals surface area contributed by atoms with Gasteiger partial charge >= 0.3 is 0 Å². The first kappa shape index (κ1) is 9.71. The molecular formula is C7H14O2S2. The summed E-state index contributed by atoms with van der Waals surface area (Å²) in [5.74, 6) is 2.76. The largest absolute Gasteiger partial charge is 0.355 e. The number of ether oxygens (including phenoxy) is 2. The average molecular weight is 194 g/mol. The molecule has 0 aromatic heterocycles. The first-order valence-corrected chi connectivity index (χ1v) is 6.39. The van der Waals surface area contributed by atoms with Gasteiger partial charge in [0, 0.05) is 11.5 Å². The van der Waals surface area contributed by atoms with Crippen LogP contribution in [0, 0.1) is 0 Å². The standard InChI is InChI=1S/C4H8O2.C3H6S2/c1-2-5-4-6-3-1;1-2-4-5-3-1/h1-4H2;1-3H2. The molecule has 2 rings (SSSR count). The molecule has 0 unspecified atom stereocenters. The highest BCUT2D eigenvalue weighted by Gasteiger charge is 1.96. The van der Waals surface area contributed by atoms with Crippen molar-refractivity contribution in [2.75, 3.05) is 31.5 Å². The van der Waals surface area contributed by atoms with Gasteiger partial charge in [-0.05, 0) is 12.8 Å². The maximum atomic E-state index is 4.85. The number of hydrogen-bond acceptors (Lipinski definition) is 4. The first-order chi connectivity index (χ1) is 5.50. The van der Waals surface area contributed by atoms with Crippen molar-refractivity contribution in [3.05, 3.63) is 0 Å². The SMILES string of the molecule is C1COCOC1.C1CSSC1. The van der Waals surface area contributed by atoms with E-state index in [4.69, 9.17) is 9.47 Å². The first-order valence-electron chi connectivity index (χ1n) is 3.90. The lowest BCUT2D eigenvalue weighted by atomic mass is 10.5. The topological polar surface area (TPSA) is 18.5 Å². The molecule has 2 fully saturated rings. The molecule has 2 nitrogen and oxygen atoms in total. The Balaban J connectivity index is 0.000000112. The molecule has 2 aliphatic rings. The molecular weight excluding hydrogens is 180 g/mol. The second-order valence-electron chi connectivity index (χ2n) is 2.29. The van der Waals surface area contributed by atoms with Crippen LogP contribution in [0.2, 0.25) is 0 Å². The Morgan fingerprint density at radius 1 is 0.818 bits per heavy atom. The summed E-state index contributed by atoms with van der Waals surface area (Å²) < 4.78 is 9.69. The number of rotatable bonds is 0. The lowest BCUT2D eigenvalue weighted by Crippen LogP contribution is -2.11. The Hall–Kier alpha value is 0.620. The lowest BCUT2D eigenvalue weighted by Gasteiger charge is -2.09. The summed E-state index contributed by atoms with van der Waals surface area (Å²) in [4.78, 5) is 0. The van der Waals surface area contributed by atoms with Crippen LogP contribution in [-0.4, -0.2) is 31.5 Å². The normalized spacial score (nSPS) is 24.0. The summed E-state index contributed by atoms with van der Waals surface area (Å²) in [7, 11) is 3.98. The van der Waals surface area contributed by atoms with Crippen LogP contribution >= 0.6 is 21.6 Å². The maximum Gasteiger partial charge on any atom is 0.146 e. The summed E-state index contributed by atoms with van der Waals surface area (Å²) in [6.45, 7) is 2.25. The second-order valence-corrected chi connectivity index (χ2v) is 4.99. The molecule has 66 valence electrons. The van der Waals surface area contributed by atoms with Gasteiger partial charge in [-0.1, -0.05) is 21.6 Å². The Kier molecular flexibility index (Phi) is 6.42. The van der Waals surface area contributed by atoms with Crippen molar-refractivity contribution < 1.29 is 9.47 Å². The van der Waals surface area contributed by atoms with E-state index < -0.39 is 0 Å². The van der Waals surface area contributed by atoms with Gasteiger partial charge in [0.25, 0.3) is 0 Å². The molecule has 0 radical (unpaired) electrons. The van der Waals surface area contributed by atoms with Crippen LogP contribution in [0.1, 0.15) is 12.8 Å². The zero-order chi connectivity index (χ0) is 7.78. The van der Waals surface area contributed by atoms with Crippen molar-refractivity contribution >= 4 is 21.6 Å². The molecule has 0 spiro atoms. The fraction of sp³-hybridized carbons (Fsp3) is 1.00. The highest BCUT2D eigenvalue weighted by molar-refractivity contribution is 8.77. The summed E-state index contributed by atoms with van der Waals surface area (Å²) in [5, 5.41) is 0. The highest BCUT2D eigenvalue weighted by atomic mass is 33.1. The van der Waals surface area contributed by atoms with Gasteiger partial charge in [-0.25, -0.2) is 0 Å². The van der Waals surface area contributed by atoms with Gasteiger partial charge in [0.1, 0.15) is 6.79 Å². The minimum atomic E-state index is 0.500. The van der Waals surface area contributed by atoms with Gasteiger partial charge in [-0.2, -0.15) is 0 Å². The van der Waals surface area contributed by atoms with Gasteiger partial charge < -0.3 is 9.47 Å². The van der Waals surface area contributed by atoms with E-state index in [0.29, 0.717) is 6.79 Å². The molecule has 2 saturated heterocycles. The van der Waals surface area contributed by atoms with Crippen LogP contribution in [-0.2, 0) is 9.47 Å². The Morgan fingerprint density at radius 2 is 1.45 bits per heavy atom. The molecule has 0 atom stereocenters. The van der Waals surface area contributed by atoms with E-state index in [0.717, 1.165) is 19.6 Å². The maximum absolute atomic E-state index is 4.85. The van der Waals surface area contributed by atoms with E-state index in [-0.39, 0.29) is 0 Å². The quantitative estimate of drug-likeness (QED) is 0.550. The smallest absolute Gasteiger partial charge is 0.146 e. The molecule has 0 amide bonds. The molecule has 0 aromatic rings. The fourth-order valence-electron chi connectivity index (χ4n) is 0.734. The van der Waals surface area contributed by atoms with Gasteiger partial charge in [0.05, 0.1) is 13.2 Å². The van der Waals surface area contributed by atoms with Crippen molar-refractivity contribution in [1.29, 1.82) is 0 Å². The molecule has 0 saturated carbocycles. The van der Waals surface area contributed by atoms with Gasteiger partial charge in [-0.3, -0.25) is 0 Å². The monoisotopic (exact) mass is 194 g/mol. The molecule has 2 heterocycles. The van der Waals surface area contributed by atoms with Crippen LogP contribution in [0.25, 0.3) is 0 Å². The minimum Gasteiger partial charge on any atom is -0.355 e. The zero-order valence-corrected chi connectivity index (χ0v) is 8.22. The van der Waals surface area contributed by atoms with E-state index >= 15 is 0 Å². The molecule has 2 aliphatic heterocycles. The summed E-state index contributed by atoms with van der Waals surface area (Å²) in [6.07, 6.45) is 2.48. The van der Waals surface area contributed by atoms with Crippen molar-refractivity contribution in [1.82, 2.24) is 0 Å². The summed E-state index contributed by atoms with van der Waals surface area (Å²) >= 11 is 0. The average Bonchev–Trinajstić information content (AvgIpc) is 2.64.